The average molecular weight is 260 g/mol. The molecule has 0 amide bonds. The zero-order chi connectivity index (χ0) is 13.5. The van der Waals surface area contributed by atoms with Crippen molar-refractivity contribution in [2.45, 2.75) is 0 Å². The van der Waals surface area contributed by atoms with Gasteiger partial charge < -0.3 is 4.89 Å². The van der Waals surface area contributed by atoms with Crippen LogP contribution < -0.4 is 0 Å². The Bertz CT molecular complexity index is 795. The van der Waals surface area contributed by atoms with Gasteiger partial charge >= 0.3 is 0 Å². The maximum atomic E-state index is 9.19. The molecular formula is C18H12O2. The lowest BCUT2D eigenvalue weighted by Gasteiger charge is -2.09. The summed E-state index contributed by atoms with van der Waals surface area (Å²) in [4.78, 5) is 4.60. The molecule has 0 saturated carbocycles. The Morgan fingerprint density at radius 1 is 0.750 bits per heavy atom. The molecule has 2 aliphatic rings. The zero-order valence-corrected chi connectivity index (χ0v) is 10.7. The minimum Gasteiger partial charge on any atom is -0.340 e. The summed E-state index contributed by atoms with van der Waals surface area (Å²) in [6.45, 7) is 0. The second-order valence-corrected chi connectivity index (χ2v) is 4.90. The van der Waals surface area contributed by atoms with Crippen LogP contribution in [0.1, 0.15) is 22.3 Å². The molecule has 0 atom stereocenters. The molecule has 0 spiro atoms. The molecule has 0 aromatic heterocycles. The highest BCUT2D eigenvalue weighted by molar-refractivity contribution is 6.11. The van der Waals surface area contributed by atoms with E-state index in [0.717, 1.165) is 22.3 Å². The minimum atomic E-state index is 0.502. The monoisotopic (exact) mass is 260 g/mol. The van der Waals surface area contributed by atoms with Crippen LogP contribution in [0.15, 0.2) is 60.4 Å². The molecule has 2 aliphatic carbocycles. The highest BCUT2D eigenvalue weighted by Crippen LogP contribution is 2.43. The fourth-order valence-corrected chi connectivity index (χ4v) is 2.92. The summed E-state index contributed by atoms with van der Waals surface area (Å²) in [6.07, 6.45) is 6.04. The Morgan fingerprint density at radius 2 is 1.45 bits per heavy atom. The van der Waals surface area contributed by atoms with Gasteiger partial charge in [-0.1, -0.05) is 60.7 Å². The van der Waals surface area contributed by atoms with Crippen LogP contribution in [0.25, 0.3) is 23.3 Å². The summed E-state index contributed by atoms with van der Waals surface area (Å²) >= 11 is 0. The number of fused-ring (bicyclic) bond motifs is 2. The van der Waals surface area contributed by atoms with Gasteiger partial charge in [0, 0.05) is 5.57 Å². The number of benzene rings is 2. The first-order valence-corrected chi connectivity index (χ1v) is 6.53. The van der Waals surface area contributed by atoms with Gasteiger partial charge in [0.15, 0.2) is 5.76 Å². The molecule has 20 heavy (non-hydrogen) atoms. The second-order valence-electron chi connectivity index (χ2n) is 4.90. The third-order valence-corrected chi connectivity index (χ3v) is 3.81. The number of hydrogen-bond donors (Lipinski definition) is 1. The molecule has 4 rings (SSSR count). The molecule has 96 valence electrons. The van der Waals surface area contributed by atoms with E-state index in [2.05, 4.69) is 35.2 Å². The topological polar surface area (TPSA) is 29.5 Å². The molecule has 0 bridgehead atoms. The van der Waals surface area contributed by atoms with Crippen molar-refractivity contribution in [1.29, 1.82) is 0 Å². The standard InChI is InChI=1S/C18H12O2/c19-20-17-11-13-6-2-4-8-15(13)18(17)16-10-9-12-5-1-3-7-14(12)16/h1-11,19H. The third kappa shape index (κ3) is 1.49. The highest BCUT2D eigenvalue weighted by Gasteiger charge is 2.26. The van der Waals surface area contributed by atoms with Crippen LogP contribution in [0.3, 0.4) is 0 Å². The van der Waals surface area contributed by atoms with Crippen LogP contribution in [-0.2, 0) is 4.89 Å². The van der Waals surface area contributed by atoms with Crippen molar-refractivity contribution in [2.24, 2.45) is 0 Å². The van der Waals surface area contributed by atoms with Crippen LogP contribution in [0.5, 0.6) is 0 Å². The van der Waals surface area contributed by atoms with Crippen molar-refractivity contribution < 1.29 is 10.1 Å². The summed E-state index contributed by atoms with van der Waals surface area (Å²) < 4.78 is 0. The van der Waals surface area contributed by atoms with Crippen LogP contribution in [0.2, 0.25) is 0 Å². The van der Waals surface area contributed by atoms with E-state index in [4.69, 9.17) is 0 Å². The largest absolute Gasteiger partial charge is 0.340 e. The minimum absolute atomic E-state index is 0.502. The van der Waals surface area contributed by atoms with Crippen LogP contribution >= 0.6 is 0 Å². The Labute approximate surface area is 116 Å². The summed E-state index contributed by atoms with van der Waals surface area (Å²) in [7, 11) is 0. The van der Waals surface area contributed by atoms with E-state index in [0.29, 0.717) is 5.76 Å². The molecule has 0 radical (unpaired) electrons. The van der Waals surface area contributed by atoms with Gasteiger partial charge in [0.1, 0.15) is 0 Å². The van der Waals surface area contributed by atoms with Gasteiger partial charge in [-0.15, -0.1) is 0 Å². The van der Waals surface area contributed by atoms with Crippen molar-refractivity contribution >= 4 is 23.3 Å². The molecule has 2 nitrogen and oxygen atoms in total. The molecular weight excluding hydrogens is 248 g/mol. The van der Waals surface area contributed by atoms with E-state index in [1.54, 1.807) is 0 Å². The van der Waals surface area contributed by atoms with E-state index >= 15 is 0 Å². The van der Waals surface area contributed by atoms with E-state index in [1.165, 1.54) is 11.1 Å². The zero-order valence-electron chi connectivity index (χ0n) is 10.7. The first-order chi connectivity index (χ1) is 9.88. The van der Waals surface area contributed by atoms with Crippen molar-refractivity contribution in [3.63, 3.8) is 0 Å². The van der Waals surface area contributed by atoms with Gasteiger partial charge in [-0.3, -0.25) is 0 Å². The number of rotatable bonds is 1. The number of hydrogen-bond acceptors (Lipinski definition) is 2. The Hall–Kier alpha value is -2.58. The quantitative estimate of drug-likeness (QED) is 0.605. The summed E-state index contributed by atoms with van der Waals surface area (Å²) in [5.74, 6) is 0.502. The lowest BCUT2D eigenvalue weighted by molar-refractivity contribution is -0.195. The highest BCUT2D eigenvalue weighted by atomic mass is 17.1. The first kappa shape index (κ1) is 11.3. The van der Waals surface area contributed by atoms with Gasteiger partial charge in [0.2, 0.25) is 0 Å². The van der Waals surface area contributed by atoms with Crippen LogP contribution in [0.4, 0.5) is 0 Å². The lowest BCUT2D eigenvalue weighted by atomic mass is 9.96. The van der Waals surface area contributed by atoms with Crippen LogP contribution in [0, 0.1) is 0 Å². The van der Waals surface area contributed by atoms with E-state index in [-0.39, 0.29) is 0 Å². The predicted molar refractivity (Wildman–Crippen MR) is 80.4 cm³/mol. The number of allylic oxidation sites excluding steroid dienone is 3. The van der Waals surface area contributed by atoms with Crippen molar-refractivity contribution in [3.05, 3.63) is 82.6 Å². The first-order valence-electron chi connectivity index (χ1n) is 6.53. The molecule has 0 aliphatic heterocycles. The predicted octanol–water partition coefficient (Wildman–Crippen LogP) is 4.47. The molecule has 0 fully saturated rings. The van der Waals surface area contributed by atoms with Gasteiger partial charge in [0.25, 0.3) is 0 Å². The van der Waals surface area contributed by atoms with Crippen LogP contribution in [-0.4, -0.2) is 5.26 Å². The molecule has 0 heterocycles. The maximum absolute atomic E-state index is 9.19. The fraction of sp³-hybridized carbons (Fsp3) is 0. The Balaban J connectivity index is 2.01. The maximum Gasteiger partial charge on any atom is 0.174 e. The van der Waals surface area contributed by atoms with Gasteiger partial charge in [-0.25, -0.2) is 5.26 Å². The van der Waals surface area contributed by atoms with Crippen molar-refractivity contribution in [1.82, 2.24) is 0 Å². The normalized spacial score (nSPS) is 18.8. The smallest absolute Gasteiger partial charge is 0.174 e. The van der Waals surface area contributed by atoms with E-state index in [9.17, 15) is 5.26 Å². The van der Waals surface area contributed by atoms with Gasteiger partial charge in [-0.2, -0.15) is 0 Å². The average Bonchev–Trinajstić information content (AvgIpc) is 3.07. The van der Waals surface area contributed by atoms with E-state index in [1.807, 2.05) is 36.4 Å². The molecule has 0 saturated heterocycles. The Kier molecular flexibility index (Phi) is 2.38. The lowest BCUT2D eigenvalue weighted by Crippen LogP contribution is -1.92. The fourth-order valence-electron chi connectivity index (χ4n) is 2.92. The summed E-state index contributed by atoms with van der Waals surface area (Å²) in [5, 5.41) is 9.19. The molecule has 2 aromatic rings. The molecule has 2 heteroatoms. The van der Waals surface area contributed by atoms with Crippen molar-refractivity contribution in [2.75, 3.05) is 0 Å². The van der Waals surface area contributed by atoms with Gasteiger partial charge in [-0.05, 0) is 33.9 Å². The molecule has 1 N–H and O–H groups in total. The second kappa shape index (κ2) is 4.22. The SMILES string of the molecule is OOC1=Cc2ccccc2C1=C1C=Cc2ccccc21. The third-order valence-electron chi connectivity index (χ3n) is 3.81. The molecule has 0 unspecified atom stereocenters. The Morgan fingerprint density at radius 3 is 2.25 bits per heavy atom. The summed E-state index contributed by atoms with van der Waals surface area (Å²) in [5.41, 5.74) is 6.55. The van der Waals surface area contributed by atoms with Crippen molar-refractivity contribution in [3.8, 4) is 0 Å². The molecule has 2 aromatic carbocycles. The van der Waals surface area contributed by atoms with Gasteiger partial charge in [0.05, 0.1) is 0 Å². The summed E-state index contributed by atoms with van der Waals surface area (Å²) in [6, 6.07) is 16.3. The van der Waals surface area contributed by atoms with E-state index < -0.39 is 0 Å².